The van der Waals surface area contributed by atoms with Crippen molar-refractivity contribution in [3.05, 3.63) is 40.7 Å². The predicted molar refractivity (Wildman–Crippen MR) is 144 cm³/mol. The van der Waals surface area contributed by atoms with Crippen LogP contribution in [0.4, 0.5) is 9.52 Å². The number of β-lactam (4-membered cyclic amide) rings is 1. The summed E-state index contributed by atoms with van der Waals surface area (Å²) < 4.78 is 21.2. The number of fused-ring (bicyclic) bond motifs is 2. The van der Waals surface area contributed by atoms with Gasteiger partial charge < -0.3 is 36.2 Å². The van der Waals surface area contributed by atoms with Gasteiger partial charge in [0.15, 0.2) is 29.8 Å². The average Bonchev–Trinajstić information content (AvgIpc) is 3.69. The third-order valence-electron chi connectivity index (χ3n) is 6.31. The number of aliphatic hydroxyl groups excluding tert-OH is 1. The molecule has 0 aliphatic carbocycles. The number of alkyl halides is 1. The van der Waals surface area contributed by atoms with E-state index >= 15 is 0 Å². The number of carboxylic acid groups (broad SMARTS) is 1. The lowest BCUT2D eigenvalue weighted by molar-refractivity contribution is -0.696. The first-order valence-corrected chi connectivity index (χ1v) is 14.8. The normalized spacial score (nSPS) is 19.9. The first-order chi connectivity index (χ1) is 20.2. The summed E-state index contributed by atoms with van der Waals surface area (Å²) in [4.78, 5) is 58.9. The van der Waals surface area contributed by atoms with E-state index in [1.54, 1.807) is 21.4 Å². The summed E-state index contributed by atoms with van der Waals surface area (Å²) in [6, 6.07) is -1.82. The van der Waals surface area contributed by atoms with E-state index in [0.717, 1.165) is 27.5 Å². The minimum atomic E-state index is -1.71. The number of anilines is 1. The lowest BCUT2D eigenvalue weighted by Crippen LogP contribution is -2.71. The van der Waals surface area contributed by atoms with E-state index in [2.05, 4.69) is 25.1 Å². The SMILES string of the molecule is Nc1nc(C(F)CO/N=C\C(=O)N[C@@H]2C(=O)N3C(C(=O)[O-])=C(C[n+]4cc5sccn5c4[C@H](CO)NC=O)CS[C@H]23)ns1. The van der Waals surface area contributed by atoms with Crippen molar-refractivity contribution in [1.29, 1.82) is 0 Å². The maximum Gasteiger partial charge on any atom is 0.288 e. The Balaban J connectivity index is 1.26. The highest BCUT2D eigenvalue weighted by Gasteiger charge is 2.53. The van der Waals surface area contributed by atoms with Crippen molar-refractivity contribution >= 4 is 75.0 Å². The van der Waals surface area contributed by atoms with Crippen molar-refractivity contribution in [2.24, 2.45) is 5.16 Å². The fraction of sp³-hybridized carbons (Fsp3) is 0.364. The molecule has 0 aromatic carbocycles. The molecule has 1 fully saturated rings. The van der Waals surface area contributed by atoms with E-state index in [1.165, 1.54) is 23.1 Å². The van der Waals surface area contributed by atoms with Crippen LogP contribution in [0.5, 0.6) is 0 Å². The molecule has 1 unspecified atom stereocenters. The highest BCUT2D eigenvalue weighted by molar-refractivity contribution is 8.00. The number of hydrogen-bond donors (Lipinski definition) is 4. The van der Waals surface area contributed by atoms with Crippen LogP contribution >= 0.6 is 34.6 Å². The minimum Gasteiger partial charge on any atom is -0.543 e. The summed E-state index contributed by atoms with van der Waals surface area (Å²) in [7, 11) is 0. The number of imidazole rings is 1. The van der Waals surface area contributed by atoms with Crippen LogP contribution in [-0.4, -0.2) is 84.6 Å². The van der Waals surface area contributed by atoms with Crippen LogP contribution in [0.15, 0.2) is 34.2 Å². The number of nitrogens with one attached hydrogen (secondary N) is 2. The molecule has 3 aromatic heterocycles. The molecule has 0 spiro atoms. The van der Waals surface area contributed by atoms with Crippen LogP contribution < -0.4 is 26.0 Å². The molecule has 3 aromatic rings. The Kier molecular flexibility index (Phi) is 8.66. The highest BCUT2D eigenvalue weighted by Crippen LogP contribution is 2.40. The molecule has 2 aliphatic rings. The number of rotatable bonds is 13. The molecular weight excluding hydrogens is 617 g/mol. The number of thioether (sulfide) groups is 1. The Morgan fingerprint density at radius 1 is 1.45 bits per heavy atom. The Bertz CT molecular complexity index is 1590. The largest absolute Gasteiger partial charge is 0.543 e. The predicted octanol–water partition coefficient (Wildman–Crippen LogP) is -2.38. The highest BCUT2D eigenvalue weighted by atomic mass is 32.2. The number of aromatic nitrogens is 4. The summed E-state index contributed by atoms with van der Waals surface area (Å²) in [5, 5.41) is 31.6. The van der Waals surface area contributed by atoms with Crippen molar-refractivity contribution in [3.63, 3.8) is 0 Å². The van der Waals surface area contributed by atoms with Gasteiger partial charge in [0, 0.05) is 28.2 Å². The molecule has 0 radical (unpaired) electrons. The van der Waals surface area contributed by atoms with Gasteiger partial charge in [0.1, 0.15) is 36.6 Å². The maximum atomic E-state index is 14.0. The number of oxime groups is 1. The Morgan fingerprint density at radius 3 is 2.95 bits per heavy atom. The van der Waals surface area contributed by atoms with E-state index in [4.69, 9.17) is 10.6 Å². The van der Waals surface area contributed by atoms with E-state index in [1.807, 2.05) is 5.38 Å². The summed E-state index contributed by atoms with van der Waals surface area (Å²) in [6.45, 7) is -0.940. The van der Waals surface area contributed by atoms with Crippen molar-refractivity contribution in [1.82, 2.24) is 29.3 Å². The van der Waals surface area contributed by atoms with Crippen LogP contribution in [0.2, 0.25) is 0 Å². The second-order valence-corrected chi connectivity index (χ2v) is 11.7. The lowest BCUT2D eigenvalue weighted by Gasteiger charge is -2.50. The van der Waals surface area contributed by atoms with Gasteiger partial charge in [0.05, 0.1) is 18.3 Å². The Morgan fingerprint density at radius 2 is 2.26 bits per heavy atom. The zero-order chi connectivity index (χ0) is 30.0. The van der Waals surface area contributed by atoms with Crippen LogP contribution in [0, 0.1) is 0 Å². The molecule has 5 rings (SSSR count). The van der Waals surface area contributed by atoms with Gasteiger partial charge in [-0.15, -0.1) is 11.8 Å². The number of carbonyl (C=O) groups is 4. The fourth-order valence-electron chi connectivity index (χ4n) is 4.53. The van der Waals surface area contributed by atoms with Crippen LogP contribution in [-0.2, 0) is 30.6 Å². The molecule has 5 N–H and O–H groups in total. The zero-order valence-corrected chi connectivity index (χ0v) is 23.7. The number of aliphatic hydroxyl groups is 1. The van der Waals surface area contributed by atoms with Crippen LogP contribution in [0.25, 0.3) is 4.83 Å². The molecule has 3 amide bonds. The number of aliphatic carboxylic acids is 1. The van der Waals surface area contributed by atoms with Gasteiger partial charge in [0.2, 0.25) is 11.2 Å². The Labute approximate surface area is 247 Å². The van der Waals surface area contributed by atoms with E-state index in [0.29, 0.717) is 17.8 Å². The number of thiazole rings is 1. The number of amides is 3. The Hall–Kier alpha value is -4.14. The fourth-order valence-corrected chi connectivity index (χ4v) is 7.12. The number of halogens is 1. The topological polar surface area (TPSA) is 221 Å². The standard InChI is InChI=1S/C22H22FN9O7S3/c23-11(17-28-22(24)42-29-17)7-39-26-3-13(35)27-15-19(36)32-16(21(37)38)10(8-41-20(15)32)4-30-5-14-31(1-2-40-14)18(30)12(6-33)25-9-34/h1-3,5,9,11-12,15,20,33H,4,6-8H2,(H4-,24,25,27,28,29,34,35,37,38)/b26-3-/t11?,12-,15+,20+/m0/s1. The van der Waals surface area contributed by atoms with Crippen LogP contribution in [0.1, 0.15) is 23.9 Å². The van der Waals surface area contributed by atoms with Gasteiger partial charge in [-0.25, -0.2) is 13.9 Å². The third-order valence-corrected chi connectivity index (χ3v) is 9.01. The summed E-state index contributed by atoms with van der Waals surface area (Å²) in [5.41, 5.74) is 5.46. The molecule has 20 heteroatoms. The smallest absolute Gasteiger partial charge is 0.288 e. The van der Waals surface area contributed by atoms with Crippen molar-refractivity contribution in [2.45, 2.75) is 30.2 Å². The molecule has 222 valence electrons. The quantitative estimate of drug-likeness (QED) is 0.0508. The van der Waals surface area contributed by atoms with E-state index < -0.39 is 54.6 Å². The van der Waals surface area contributed by atoms with Crippen molar-refractivity contribution < 1.29 is 43.2 Å². The molecule has 5 heterocycles. The van der Waals surface area contributed by atoms with Crippen molar-refractivity contribution in [3.8, 4) is 0 Å². The van der Waals surface area contributed by atoms with E-state index in [-0.39, 0.29) is 29.0 Å². The molecule has 0 bridgehead atoms. The van der Waals surface area contributed by atoms with E-state index in [9.17, 15) is 33.8 Å². The van der Waals surface area contributed by atoms with Gasteiger partial charge in [-0.2, -0.15) is 8.77 Å². The maximum absolute atomic E-state index is 14.0. The summed E-state index contributed by atoms with van der Waals surface area (Å²) in [6.07, 6.45) is 2.98. The summed E-state index contributed by atoms with van der Waals surface area (Å²) >= 11 is 3.47. The number of nitrogens with two attached hydrogens (primary N) is 1. The van der Waals surface area contributed by atoms with Gasteiger partial charge in [-0.3, -0.25) is 19.3 Å². The second-order valence-electron chi connectivity index (χ2n) is 8.87. The number of nitrogens with zero attached hydrogens (tertiary/aromatic N) is 6. The number of hydrogen-bond acceptors (Lipinski definition) is 14. The molecule has 0 saturated carbocycles. The number of carboxylic acids is 1. The average molecular weight is 640 g/mol. The first kappa shape index (κ1) is 29.4. The molecule has 16 nitrogen and oxygen atoms in total. The molecule has 4 atom stereocenters. The van der Waals surface area contributed by atoms with Crippen LogP contribution in [0.3, 0.4) is 0 Å². The van der Waals surface area contributed by atoms with Gasteiger partial charge >= 0.3 is 0 Å². The number of carbonyl (C=O) groups excluding carboxylic acids is 4. The molecule has 1 saturated heterocycles. The zero-order valence-electron chi connectivity index (χ0n) is 21.3. The second kappa shape index (κ2) is 12.4. The van der Waals surface area contributed by atoms with Crippen molar-refractivity contribution in [2.75, 3.05) is 24.7 Å². The third kappa shape index (κ3) is 5.65. The monoisotopic (exact) mass is 639 g/mol. The van der Waals surface area contributed by atoms with Gasteiger partial charge in [-0.05, 0) is 0 Å². The molecular formula is C22H22FN9O7S3. The lowest BCUT2D eigenvalue weighted by atomic mass is 10.0. The first-order valence-electron chi connectivity index (χ1n) is 12.1. The van der Waals surface area contributed by atoms with Gasteiger partial charge in [-0.1, -0.05) is 16.5 Å². The van der Waals surface area contributed by atoms with Gasteiger partial charge in [0.25, 0.3) is 17.6 Å². The molecule has 42 heavy (non-hydrogen) atoms. The number of nitrogen functional groups attached to an aromatic ring is 1. The molecule has 2 aliphatic heterocycles. The minimum absolute atomic E-state index is 0.0349. The summed E-state index contributed by atoms with van der Waals surface area (Å²) in [5.74, 6) is -2.51.